The molecular weight excluding hydrogens is 141 g/mol. The molecule has 0 aliphatic rings. The standard InChI is InChI=1S/C9H14FN/c1-4-5-8(2)6-11-7-9(3)10/h6-7H,3-5H2,1-2H3/b8-6+,11-7?. The van der Waals surface area contributed by atoms with Crippen molar-refractivity contribution in [1.82, 2.24) is 0 Å². The zero-order valence-electron chi connectivity index (χ0n) is 7.10. The van der Waals surface area contributed by atoms with Crippen LogP contribution in [-0.2, 0) is 0 Å². The van der Waals surface area contributed by atoms with Crippen molar-refractivity contribution >= 4 is 6.21 Å². The van der Waals surface area contributed by atoms with Gasteiger partial charge in [0, 0.05) is 6.20 Å². The first-order chi connectivity index (χ1) is 5.16. The van der Waals surface area contributed by atoms with Crippen molar-refractivity contribution < 1.29 is 4.39 Å². The Morgan fingerprint density at radius 2 is 2.27 bits per heavy atom. The van der Waals surface area contributed by atoms with Gasteiger partial charge in [-0.2, -0.15) is 0 Å². The molecule has 11 heavy (non-hydrogen) atoms. The van der Waals surface area contributed by atoms with Crippen LogP contribution in [0.1, 0.15) is 26.7 Å². The van der Waals surface area contributed by atoms with Crippen molar-refractivity contribution in [3.05, 3.63) is 24.2 Å². The highest BCUT2D eigenvalue weighted by molar-refractivity contribution is 5.75. The second kappa shape index (κ2) is 5.83. The number of rotatable bonds is 4. The van der Waals surface area contributed by atoms with Gasteiger partial charge in [0.05, 0.1) is 6.21 Å². The average molecular weight is 155 g/mol. The predicted molar refractivity (Wildman–Crippen MR) is 47.4 cm³/mol. The van der Waals surface area contributed by atoms with Gasteiger partial charge in [-0.1, -0.05) is 25.5 Å². The molecule has 2 heteroatoms. The second-order valence-corrected chi connectivity index (χ2v) is 2.45. The molecule has 0 spiro atoms. The fourth-order valence-electron chi connectivity index (χ4n) is 0.704. The maximum atomic E-state index is 12.0. The summed E-state index contributed by atoms with van der Waals surface area (Å²) in [4.78, 5) is 3.73. The molecule has 0 aromatic carbocycles. The first-order valence-corrected chi connectivity index (χ1v) is 3.70. The van der Waals surface area contributed by atoms with Crippen LogP contribution < -0.4 is 0 Å². The quantitative estimate of drug-likeness (QED) is 0.552. The Labute approximate surface area is 67.3 Å². The summed E-state index contributed by atoms with van der Waals surface area (Å²) < 4.78 is 12.0. The summed E-state index contributed by atoms with van der Waals surface area (Å²) in [5, 5.41) is 0. The number of hydrogen-bond donors (Lipinski definition) is 0. The molecule has 0 fully saturated rings. The van der Waals surface area contributed by atoms with Gasteiger partial charge in [0.1, 0.15) is 5.83 Å². The maximum absolute atomic E-state index is 12.0. The monoisotopic (exact) mass is 155 g/mol. The minimum Gasteiger partial charge on any atom is -0.262 e. The lowest BCUT2D eigenvalue weighted by molar-refractivity contribution is 0.690. The van der Waals surface area contributed by atoms with E-state index >= 15 is 0 Å². The number of halogens is 1. The average Bonchev–Trinajstić information content (AvgIpc) is 1.87. The van der Waals surface area contributed by atoms with Crippen LogP contribution >= 0.6 is 0 Å². The van der Waals surface area contributed by atoms with Gasteiger partial charge >= 0.3 is 0 Å². The predicted octanol–water partition coefficient (Wildman–Crippen LogP) is 3.24. The number of allylic oxidation sites excluding steroid dienone is 2. The molecule has 0 heterocycles. The smallest absolute Gasteiger partial charge is 0.134 e. The minimum absolute atomic E-state index is 0.509. The van der Waals surface area contributed by atoms with E-state index in [0.717, 1.165) is 24.6 Å². The Bertz CT molecular complexity index is 180. The summed E-state index contributed by atoms with van der Waals surface area (Å²) >= 11 is 0. The van der Waals surface area contributed by atoms with Gasteiger partial charge in [-0.15, -0.1) is 0 Å². The van der Waals surface area contributed by atoms with E-state index in [2.05, 4.69) is 18.5 Å². The molecule has 0 N–H and O–H groups in total. The number of nitrogens with zero attached hydrogens (tertiary/aromatic N) is 1. The van der Waals surface area contributed by atoms with E-state index in [0.29, 0.717) is 0 Å². The zero-order valence-corrected chi connectivity index (χ0v) is 7.10. The molecular formula is C9H14FN. The Balaban J connectivity index is 3.80. The van der Waals surface area contributed by atoms with Crippen LogP contribution in [-0.4, -0.2) is 6.21 Å². The third-order valence-electron chi connectivity index (χ3n) is 1.15. The number of hydrogen-bond acceptors (Lipinski definition) is 1. The summed E-state index contributed by atoms with van der Waals surface area (Å²) in [6.07, 6.45) is 4.87. The highest BCUT2D eigenvalue weighted by Gasteiger charge is 1.84. The first-order valence-electron chi connectivity index (χ1n) is 3.70. The van der Waals surface area contributed by atoms with Gasteiger partial charge in [-0.25, -0.2) is 4.39 Å². The summed E-state index contributed by atoms with van der Waals surface area (Å²) in [6, 6.07) is 0. The van der Waals surface area contributed by atoms with Crippen molar-refractivity contribution in [1.29, 1.82) is 0 Å². The maximum Gasteiger partial charge on any atom is 0.134 e. The van der Waals surface area contributed by atoms with Crippen molar-refractivity contribution in [3.8, 4) is 0 Å². The largest absolute Gasteiger partial charge is 0.262 e. The fraction of sp³-hybridized carbons (Fsp3) is 0.444. The highest BCUT2D eigenvalue weighted by atomic mass is 19.1. The molecule has 0 rings (SSSR count). The van der Waals surface area contributed by atoms with Crippen LogP contribution in [0.4, 0.5) is 4.39 Å². The topological polar surface area (TPSA) is 12.4 Å². The molecule has 0 amide bonds. The molecule has 0 aromatic heterocycles. The Morgan fingerprint density at radius 3 is 2.73 bits per heavy atom. The summed E-state index contributed by atoms with van der Waals surface area (Å²) in [5.41, 5.74) is 1.16. The van der Waals surface area contributed by atoms with Crippen LogP contribution in [0.2, 0.25) is 0 Å². The van der Waals surface area contributed by atoms with Gasteiger partial charge in [-0.3, -0.25) is 4.99 Å². The lowest BCUT2D eigenvalue weighted by atomic mass is 10.2. The molecule has 0 aromatic rings. The van der Waals surface area contributed by atoms with Gasteiger partial charge < -0.3 is 0 Å². The van der Waals surface area contributed by atoms with Gasteiger partial charge in [-0.05, 0) is 13.3 Å². The molecule has 0 bridgehead atoms. The van der Waals surface area contributed by atoms with E-state index in [-0.39, 0.29) is 0 Å². The van der Waals surface area contributed by atoms with Crippen LogP contribution in [0.15, 0.2) is 29.2 Å². The summed E-state index contributed by atoms with van der Waals surface area (Å²) in [7, 11) is 0. The molecule has 0 atom stereocenters. The second-order valence-electron chi connectivity index (χ2n) is 2.45. The van der Waals surface area contributed by atoms with E-state index in [4.69, 9.17) is 0 Å². The van der Waals surface area contributed by atoms with Crippen molar-refractivity contribution in [2.45, 2.75) is 26.7 Å². The summed E-state index contributed by atoms with van der Waals surface area (Å²) in [5.74, 6) is -0.509. The van der Waals surface area contributed by atoms with E-state index in [1.54, 1.807) is 6.20 Å². The molecule has 62 valence electrons. The third-order valence-corrected chi connectivity index (χ3v) is 1.15. The van der Waals surface area contributed by atoms with E-state index < -0.39 is 5.83 Å². The fourth-order valence-corrected chi connectivity index (χ4v) is 0.704. The lowest BCUT2D eigenvalue weighted by Gasteiger charge is -1.92. The Kier molecular flexibility index (Phi) is 5.35. The van der Waals surface area contributed by atoms with Crippen LogP contribution in [0, 0.1) is 0 Å². The molecule has 0 saturated carbocycles. The van der Waals surface area contributed by atoms with Crippen LogP contribution in [0.5, 0.6) is 0 Å². The van der Waals surface area contributed by atoms with Gasteiger partial charge in [0.25, 0.3) is 0 Å². The molecule has 0 unspecified atom stereocenters. The lowest BCUT2D eigenvalue weighted by Crippen LogP contribution is -1.74. The molecule has 1 nitrogen and oxygen atoms in total. The van der Waals surface area contributed by atoms with E-state index in [9.17, 15) is 4.39 Å². The Hall–Kier alpha value is -0.920. The molecule has 0 radical (unpaired) electrons. The molecule has 0 saturated heterocycles. The SMILES string of the molecule is C=C(F)C=N/C=C(\C)CCC. The highest BCUT2D eigenvalue weighted by Crippen LogP contribution is 2.02. The normalized spacial score (nSPS) is 12.5. The number of aliphatic imine (C=N–C) groups is 1. The van der Waals surface area contributed by atoms with Crippen molar-refractivity contribution in [2.75, 3.05) is 0 Å². The van der Waals surface area contributed by atoms with Crippen molar-refractivity contribution in [3.63, 3.8) is 0 Å². The first kappa shape index (κ1) is 10.1. The zero-order chi connectivity index (χ0) is 8.69. The summed E-state index contributed by atoms with van der Waals surface area (Å²) in [6.45, 7) is 7.12. The van der Waals surface area contributed by atoms with Gasteiger partial charge in [0.2, 0.25) is 0 Å². The van der Waals surface area contributed by atoms with Gasteiger partial charge in [0.15, 0.2) is 0 Å². The minimum atomic E-state index is -0.509. The van der Waals surface area contributed by atoms with Crippen LogP contribution in [0.3, 0.4) is 0 Å². The van der Waals surface area contributed by atoms with E-state index in [1.165, 1.54) is 0 Å². The molecule has 0 aliphatic carbocycles. The Morgan fingerprint density at radius 1 is 1.64 bits per heavy atom. The van der Waals surface area contributed by atoms with Crippen molar-refractivity contribution in [2.24, 2.45) is 4.99 Å². The van der Waals surface area contributed by atoms with Crippen LogP contribution in [0.25, 0.3) is 0 Å². The van der Waals surface area contributed by atoms with E-state index in [1.807, 2.05) is 6.92 Å². The molecule has 0 aliphatic heterocycles. The third kappa shape index (κ3) is 6.97.